The Bertz CT molecular complexity index is 3440. The minimum Gasteiger partial charge on any atom is -0.309 e. The van der Waals surface area contributed by atoms with Crippen molar-refractivity contribution in [2.45, 2.75) is 5.92 Å². The van der Waals surface area contributed by atoms with Crippen LogP contribution in [0.3, 0.4) is 0 Å². The van der Waals surface area contributed by atoms with Gasteiger partial charge in [0, 0.05) is 28.2 Å². The van der Waals surface area contributed by atoms with Gasteiger partial charge in [-0.15, -0.1) is 0 Å². The van der Waals surface area contributed by atoms with Crippen molar-refractivity contribution in [3.05, 3.63) is 248 Å². The van der Waals surface area contributed by atoms with E-state index in [9.17, 15) is 0 Å². The number of benzene rings is 9. The van der Waals surface area contributed by atoms with Gasteiger partial charge in [0.1, 0.15) is 5.82 Å². The lowest BCUT2D eigenvalue weighted by atomic mass is 9.93. The van der Waals surface area contributed by atoms with Gasteiger partial charge in [0.2, 0.25) is 0 Å². The highest BCUT2D eigenvalue weighted by molar-refractivity contribution is 6.10. The summed E-state index contributed by atoms with van der Waals surface area (Å²) < 4.78 is 2.39. The van der Waals surface area contributed by atoms with Gasteiger partial charge >= 0.3 is 0 Å². The predicted molar refractivity (Wildman–Crippen MR) is 256 cm³/mol. The summed E-state index contributed by atoms with van der Waals surface area (Å²) in [6.45, 7) is 0. The summed E-state index contributed by atoms with van der Waals surface area (Å²) in [5.74, 6) is 0.739. The molecule has 1 unspecified atom stereocenters. The molecule has 0 saturated carbocycles. The molecule has 1 aliphatic rings. The first-order chi connectivity index (χ1) is 30.7. The molecule has 9 aromatic carbocycles. The molecular formula is C59H39N3. The summed E-state index contributed by atoms with van der Waals surface area (Å²) in [6, 6.07) is 80.9. The first-order valence-electron chi connectivity index (χ1n) is 21.3. The Morgan fingerprint density at radius 3 is 1.65 bits per heavy atom. The average Bonchev–Trinajstić information content (AvgIpc) is 3.87. The Labute approximate surface area is 360 Å². The number of hydrogen-bond donors (Lipinski definition) is 0. The molecule has 0 saturated heterocycles. The van der Waals surface area contributed by atoms with Crippen LogP contribution in [0.1, 0.15) is 22.9 Å². The fourth-order valence-corrected chi connectivity index (χ4v) is 9.54. The molecule has 1 aliphatic carbocycles. The summed E-state index contributed by atoms with van der Waals surface area (Å²) >= 11 is 0. The molecule has 3 nitrogen and oxygen atoms in total. The van der Waals surface area contributed by atoms with Crippen molar-refractivity contribution in [1.82, 2.24) is 14.5 Å². The van der Waals surface area contributed by atoms with E-state index in [0.717, 1.165) is 28.3 Å². The van der Waals surface area contributed by atoms with Gasteiger partial charge in [-0.3, -0.25) is 0 Å². The van der Waals surface area contributed by atoms with E-state index in [0.29, 0.717) is 0 Å². The molecule has 11 aromatic rings. The molecular weight excluding hydrogens is 751 g/mol. The number of aromatic nitrogens is 3. The second-order valence-corrected chi connectivity index (χ2v) is 16.1. The van der Waals surface area contributed by atoms with E-state index in [1.807, 2.05) is 12.3 Å². The van der Waals surface area contributed by atoms with Crippen molar-refractivity contribution in [2.24, 2.45) is 0 Å². The Balaban J connectivity index is 0.885. The maximum Gasteiger partial charge on any atom is 0.140 e. The van der Waals surface area contributed by atoms with E-state index >= 15 is 0 Å². The minimum atomic E-state index is -0.0716. The van der Waals surface area contributed by atoms with Gasteiger partial charge < -0.3 is 4.57 Å². The van der Waals surface area contributed by atoms with Gasteiger partial charge in [0.25, 0.3) is 0 Å². The SMILES string of the molecule is c1ccc(-c2ccc(-c3cccc(-c4ccnc(C5c6ccccc6-c6cc(-c7ccc8c(c7)c7ccccc7n8-c7ccc(-c8ccccc8)cc7)ccc65)n4)c3)cc2)cc1. The molecule has 0 aliphatic heterocycles. The smallest absolute Gasteiger partial charge is 0.140 e. The Kier molecular flexibility index (Phi) is 8.57. The largest absolute Gasteiger partial charge is 0.309 e. The highest BCUT2D eigenvalue weighted by atomic mass is 15.0. The molecule has 3 heteroatoms. The van der Waals surface area contributed by atoms with Crippen molar-refractivity contribution >= 4 is 21.8 Å². The van der Waals surface area contributed by atoms with Crippen LogP contribution in [-0.2, 0) is 0 Å². The number of nitrogens with zero attached hydrogens (tertiary/aromatic N) is 3. The summed E-state index contributed by atoms with van der Waals surface area (Å²) in [4.78, 5) is 10.2. The fourth-order valence-electron chi connectivity index (χ4n) is 9.54. The molecule has 0 N–H and O–H groups in total. The molecule has 1 atom stereocenters. The zero-order valence-electron chi connectivity index (χ0n) is 33.9. The third-order valence-corrected chi connectivity index (χ3v) is 12.6. The standard InChI is InChI=1S/C59H39N3/c1-3-12-39(13-4-1)41-22-24-43(25-23-41)44-16-11-17-47(36-44)55-34-35-60-59(61-55)58-51-20-8-7-18-49(51)53-37-45(28-32-52(53)58)46-29-33-57-54(38-46)50-19-9-10-21-56(50)62(57)48-30-26-42(27-31-48)40-14-5-2-6-15-40/h1-38,58H. The number of hydrogen-bond acceptors (Lipinski definition) is 2. The quantitative estimate of drug-likeness (QED) is 0.161. The van der Waals surface area contributed by atoms with Crippen LogP contribution in [0, 0.1) is 0 Å². The third kappa shape index (κ3) is 6.14. The second kappa shape index (κ2) is 14.8. The third-order valence-electron chi connectivity index (χ3n) is 12.6. The molecule has 2 aromatic heterocycles. The van der Waals surface area contributed by atoms with E-state index in [-0.39, 0.29) is 5.92 Å². The lowest BCUT2D eigenvalue weighted by Gasteiger charge is -2.14. The van der Waals surface area contributed by atoms with Crippen molar-refractivity contribution < 1.29 is 0 Å². The van der Waals surface area contributed by atoms with Gasteiger partial charge in [-0.25, -0.2) is 9.97 Å². The Hall–Kier alpha value is -8.14. The molecule has 0 spiro atoms. The molecule has 2 heterocycles. The van der Waals surface area contributed by atoms with Crippen LogP contribution in [0.15, 0.2) is 231 Å². The van der Waals surface area contributed by atoms with Crippen LogP contribution in [-0.4, -0.2) is 14.5 Å². The van der Waals surface area contributed by atoms with E-state index < -0.39 is 0 Å². The topological polar surface area (TPSA) is 30.7 Å². The van der Waals surface area contributed by atoms with Crippen LogP contribution < -0.4 is 0 Å². The number of rotatable bonds is 7. The second-order valence-electron chi connectivity index (χ2n) is 16.1. The predicted octanol–water partition coefficient (Wildman–Crippen LogP) is 15.1. The van der Waals surface area contributed by atoms with Crippen LogP contribution in [0.2, 0.25) is 0 Å². The Morgan fingerprint density at radius 2 is 0.871 bits per heavy atom. The lowest BCUT2D eigenvalue weighted by Crippen LogP contribution is -2.05. The van der Waals surface area contributed by atoms with E-state index in [4.69, 9.17) is 9.97 Å². The van der Waals surface area contributed by atoms with Crippen molar-refractivity contribution in [3.8, 4) is 72.6 Å². The number of para-hydroxylation sites is 1. The summed E-state index contributed by atoms with van der Waals surface area (Å²) in [6.07, 6.45) is 1.91. The van der Waals surface area contributed by atoms with Crippen LogP contribution in [0.5, 0.6) is 0 Å². The Morgan fingerprint density at radius 1 is 0.339 bits per heavy atom. The maximum absolute atomic E-state index is 5.29. The van der Waals surface area contributed by atoms with E-state index in [1.54, 1.807) is 0 Å². The zero-order chi connectivity index (χ0) is 41.0. The summed E-state index contributed by atoms with van der Waals surface area (Å²) in [5, 5.41) is 2.48. The molecule has 12 rings (SSSR count). The van der Waals surface area contributed by atoms with Crippen LogP contribution in [0.25, 0.3) is 94.4 Å². The molecule has 62 heavy (non-hydrogen) atoms. The highest BCUT2D eigenvalue weighted by Gasteiger charge is 2.32. The lowest BCUT2D eigenvalue weighted by molar-refractivity contribution is 0.876. The maximum atomic E-state index is 5.29. The van der Waals surface area contributed by atoms with Gasteiger partial charge in [-0.2, -0.15) is 0 Å². The summed E-state index contributed by atoms with van der Waals surface area (Å²) in [5.41, 5.74) is 20.0. The van der Waals surface area contributed by atoms with E-state index in [1.165, 1.54) is 83.0 Å². The minimum absolute atomic E-state index is 0.0716. The van der Waals surface area contributed by atoms with Crippen LogP contribution >= 0.6 is 0 Å². The summed E-state index contributed by atoms with van der Waals surface area (Å²) in [7, 11) is 0. The molecule has 0 radical (unpaired) electrons. The monoisotopic (exact) mass is 789 g/mol. The fraction of sp³-hybridized carbons (Fsp3) is 0.0169. The van der Waals surface area contributed by atoms with Gasteiger partial charge in [-0.05, 0) is 115 Å². The van der Waals surface area contributed by atoms with Crippen molar-refractivity contribution in [3.63, 3.8) is 0 Å². The van der Waals surface area contributed by atoms with Crippen molar-refractivity contribution in [2.75, 3.05) is 0 Å². The molecule has 0 amide bonds. The normalized spacial score (nSPS) is 13.0. The molecule has 0 fully saturated rings. The first-order valence-corrected chi connectivity index (χ1v) is 21.3. The molecule has 0 bridgehead atoms. The van der Waals surface area contributed by atoms with E-state index in [2.05, 4.69) is 223 Å². The van der Waals surface area contributed by atoms with Gasteiger partial charge in [0.15, 0.2) is 0 Å². The molecule has 290 valence electrons. The number of fused-ring (bicyclic) bond motifs is 6. The first kappa shape index (κ1) is 35.8. The van der Waals surface area contributed by atoms with Gasteiger partial charge in [0.05, 0.1) is 22.6 Å². The average molecular weight is 790 g/mol. The zero-order valence-corrected chi connectivity index (χ0v) is 33.9. The van der Waals surface area contributed by atoms with Gasteiger partial charge in [-0.1, -0.05) is 176 Å². The van der Waals surface area contributed by atoms with Crippen molar-refractivity contribution in [1.29, 1.82) is 0 Å². The van der Waals surface area contributed by atoms with Crippen LogP contribution in [0.4, 0.5) is 0 Å². The highest BCUT2D eigenvalue weighted by Crippen LogP contribution is 2.49.